The van der Waals surface area contributed by atoms with Gasteiger partial charge in [-0.15, -0.1) is 0 Å². The van der Waals surface area contributed by atoms with E-state index in [-0.39, 0.29) is 22.7 Å². The van der Waals surface area contributed by atoms with Crippen molar-refractivity contribution in [2.24, 2.45) is 5.73 Å². The first kappa shape index (κ1) is 27.0. The van der Waals surface area contributed by atoms with Gasteiger partial charge in [-0.2, -0.15) is 5.26 Å². The molecular weight excluding hydrogens is 524 g/mol. The topological polar surface area (TPSA) is 141 Å². The molecule has 0 fully saturated rings. The summed E-state index contributed by atoms with van der Waals surface area (Å²) in [5.74, 6) is -1.66. The maximum Gasteiger partial charge on any atom is 0.355 e. The number of nitrogens with zero attached hydrogens (tertiary/aromatic N) is 3. The van der Waals surface area contributed by atoms with Gasteiger partial charge in [0.05, 0.1) is 50.2 Å². The predicted molar refractivity (Wildman–Crippen MR) is 150 cm³/mol. The number of aromatic nitrogens is 1. The van der Waals surface area contributed by atoms with Gasteiger partial charge in [0.25, 0.3) is 0 Å². The lowest BCUT2D eigenvalue weighted by Crippen LogP contribution is -2.41. The predicted octanol–water partition coefficient (Wildman–Crippen LogP) is 4.71. The van der Waals surface area contributed by atoms with Gasteiger partial charge in [-0.05, 0) is 42.3 Å². The van der Waals surface area contributed by atoms with Crippen LogP contribution in [0.15, 0.2) is 93.8 Å². The summed E-state index contributed by atoms with van der Waals surface area (Å²) in [5.41, 5.74) is 9.89. The molecule has 10 nitrogen and oxygen atoms in total. The lowest BCUT2D eigenvalue weighted by atomic mass is 9.80. The molecule has 1 aromatic heterocycles. The molecule has 0 saturated carbocycles. The Morgan fingerprint density at radius 3 is 2.39 bits per heavy atom. The SMILES string of the molecule is COC(=O)C1=C(C(=O)OC)N(c2cccc(-c3nc4cc(OC)ccc4o3)c2C)C(N)=C(C#N)C1c1ccccc1. The number of anilines is 1. The summed E-state index contributed by atoms with van der Waals surface area (Å²) in [4.78, 5) is 32.7. The fraction of sp³-hybridized carbons (Fsp3) is 0.161. The van der Waals surface area contributed by atoms with Crippen LogP contribution in [-0.4, -0.2) is 38.3 Å². The van der Waals surface area contributed by atoms with Crippen LogP contribution in [0.25, 0.3) is 22.6 Å². The standard InChI is InChI=1S/C31H26N4O6/c1-17-20(29-34-22-15-19(38-2)13-14-24(22)41-29)11-8-12-23(17)35-27(31(37)40-4)26(30(36)39-3)25(21(16-32)28(35)33)18-9-6-5-7-10-18/h5-15,25H,33H2,1-4H3. The van der Waals surface area contributed by atoms with E-state index in [9.17, 15) is 14.9 Å². The molecule has 0 bridgehead atoms. The van der Waals surface area contributed by atoms with Crippen molar-refractivity contribution in [3.63, 3.8) is 0 Å². The van der Waals surface area contributed by atoms with E-state index in [2.05, 4.69) is 11.1 Å². The quantitative estimate of drug-likeness (QED) is 0.336. The number of ether oxygens (including phenoxy) is 3. The van der Waals surface area contributed by atoms with Crippen molar-refractivity contribution < 1.29 is 28.2 Å². The molecule has 1 unspecified atom stereocenters. The highest BCUT2D eigenvalue weighted by Crippen LogP contribution is 2.45. The third-order valence-corrected chi connectivity index (χ3v) is 6.98. The van der Waals surface area contributed by atoms with Crippen LogP contribution in [-0.2, 0) is 19.1 Å². The molecule has 0 saturated heterocycles. The van der Waals surface area contributed by atoms with Crippen molar-refractivity contribution in [1.82, 2.24) is 4.98 Å². The number of allylic oxidation sites excluding steroid dienone is 1. The highest BCUT2D eigenvalue weighted by atomic mass is 16.5. The number of hydrogen-bond acceptors (Lipinski definition) is 10. The summed E-state index contributed by atoms with van der Waals surface area (Å²) in [6.07, 6.45) is 0. The van der Waals surface area contributed by atoms with Gasteiger partial charge in [-0.3, -0.25) is 4.90 Å². The Morgan fingerprint density at radius 1 is 1.00 bits per heavy atom. The molecular formula is C31H26N4O6. The van der Waals surface area contributed by atoms with Gasteiger partial charge in [0.2, 0.25) is 5.89 Å². The van der Waals surface area contributed by atoms with E-state index in [1.807, 2.05) is 6.07 Å². The highest BCUT2D eigenvalue weighted by molar-refractivity contribution is 6.06. The number of benzene rings is 3. The van der Waals surface area contributed by atoms with E-state index in [4.69, 9.17) is 24.4 Å². The average molecular weight is 551 g/mol. The van der Waals surface area contributed by atoms with E-state index < -0.39 is 17.9 Å². The molecule has 206 valence electrons. The number of carbonyl (C=O) groups excluding carboxylic acids is 2. The zero-order chi connectivity index (χ0) is 29.3. The number of oxazole rings is 1. The number of esters is 2. The van der Waals surface area contributed by atoms with Crippen LogP contribution >= 0.6 is 0 Å². The van der Waals surface area contributed by atoms with Gasteiger partial charge in [-0.1, -0.05) is 36.4 Å². The Labute approximate surface area is 235 Å². The molecule has 0 aliphatic carbocycles. The number of rotatable bonds is 6. The lowest BCUT2D eigenvalue weighted by molar-refractivity contribution is -0.139. The van der Waals surface area contributed by atoms with Gasteiger partial charge in [-0.25, -0.2) is 14.6 Å². The van der Waals surface area contributed by atoms with Crippen molar-refractivity contribution in [1.29, 1.82) is 5.26 Å². The largest absolute Gasteiger partial charge is 0.497 e. The summed E-state index contributed by atoms with van der Waals surface area (Å²) in [7, 11) is 3.98. The van der Waals surface area contributed by atoms with Crippen LogP contribution in [0.3, 0.4) is 0 Å². The minimum atomic E-state index is -0.963. The monoisotopic (exact) mass is 550 g/mol. The number of fused-ring (bicyclic) bond motifs is 1. The second kappa shape index (κ2) is 10.9. The molecule has 1 aliphatic heterocycles. The Morgan fingerprint density at radius 2 is 1.73 bits per heavy atom. The molecule has 2 N–H and O–H groups in total. The first-order valence-corrected chi connectivity index (χ1v) is 12.5. The molecule has 0 amide bonds. The fourth-order valence-electron chi connectivity index (χ4n) is 5.01. The summed E-state index contributed by atoms with van der Waals surface area (Å²) in [6, 6.07) is 21.5. The van der Waals surface area contributed by atoms with Crippen LogP contribution in [0.2, 0.25) is 0 Å². The molecule has 1 atom stereocenters. The van der Waals surface area contributed by atoms with Gasteiger partial charge in [0, 0.05) is 11.6 Å². The van der Waals surface area contributed by atoms with Gasteiger partial charge in [0.15, 0.2) is 5.58 Å². The first-order valence-electron chi connectivity index (χ1n) is 12.5. The maximum atomic E-state index is 13.4. The summed E-state index contributed by atoms with van der Waals surface area (Å²) >= 11 is 0. The molecule has 3 aromatic carbocycles. The first-order chi connectivity index (χ1) is 19.8. The van der Waals surface area contributed by atoms with E-state index in [1.165, 1.54) is 19.1 Å². The minimum absolute atomic E-state index is 0.0306. The number of carbonyl (C=O) groups is 2. The van der Waals surface area contributed by atoms with E-state index >= 15 is 0 Å². The average Bonchev–Trinajstić information content (AvgIpc) is 3.43. The minimum Gasteiger partial charge on any atom is -0.497 e. The second-order valence-electron chi connectivity index (χ2n) is 9.14. The van der Waals surface area contributed by atoms with Crippen LogP contribution < -0.4 is 15.4 Å². The van der Waals surface area contributed by atoms with Crippen molar-refractivity contribution in [2.75, 3.05) is 26.2 Å². The lowest BCUT2D eigenvalue weighted by Gasteiger charge is -2.36. The van der Waals surface area contributed by atoms with Gasteiger partial charge in [0.1, 0.15) is 22.8 Å². The molecule has 1 aliphatic rings. The summed E-state index contributed by atoms with van der Waals surface area (Å²) in [6.45, 7) is 1.80. The van der Waals surface area contributed by atoms with Crippen molar-refractivity contribution in [2.45, 2.75) is 12.8 Å². The smallest absolute Gasteiger partial charge is 0.355 e. The molecule has 4 aromatic rings. The molecule has 2 heterocycles. The molecule has 0 spiro atoms. The number of hydrogen-bond donors (Lipinski definition) is 1. The van der Waals surface area contributed by atoms with Crippen LogP contribution in [0, 0.1) is 18.3 Å². The molecule has 10 heteroatoms. The number of nitrogens with two attached hydrogens (primary N) is 1. The van der Waals surface area contributed by atoms with Crippen molar-refractivity contribution in [3.8, 4) is 23.3 Å². The molecule has 0 radical (unpaired) electrons. The van der Waals surface area contributed by atoms with Gasteiger partial charge >= 0.3 is 11.9 Å². The van der Waals surface area contributed by atoms with Crippen molar-refractivity contribution in [3.05, 3.63) is 101 Å². The van der Waals surface area contributed by atoms with E-state index in [0.29, 0.717) is 45.1 Å². The summed E-state index contributed by atoms with van der Waals surface area (Å²) < 4.78 is 21.6. The van der Waals surface area contributed by atoms with E-state index in [0.717, 1.165) is 0 Å². The van der Waals surface area contributed by atoms with Crippen LogP contribution in [0.4, 0.5) is 5.69 Å². The Bertz CT molecular complexity index is 1780. The maximum absolute atomic E-state index is 13.4. The Balaban J connectivity index is 1.77. The Hall–Kier alpha value is -5.56. The third kappa shape index (κ3) is 4.53. The summed E-state index contributed by atoms with van der Waals surface area (Å²) in [5, 5.41) is 10.3. The van der Waals surface area contributed by atoms with Crippen LogP contribution in [0.5, 0.6) is 5.75 Å². The number of nitriles is 1. The molecule has 5 rings (SSSR count). The zero-order valence-electron chi connectivity index (χ0n) is 22.8. The zero-order valence-corrected chi connectivity index (χ0v) is 22.8. The second-order valence-corrected chi connectivity index (χ2v) is 9.14. The fourth-order valence-corrected chi connectivity index (χ4v) is 5.01. The number of methoxy groups -OCH3 is 3. The Kier molecular flexibility index (Phi) is 7.18. The van der Waals surface area contributed by atoms with E-state index in [1.54, 1.807) is 74.7 Å². The normalized spacial score (nSPS) is 15.1. The van der Waals surface area contributed by atoms with Crippen LogP contribution in [0.1, 0.15) is 17.0 Å². The molecule has 41 heavy (non-hydrogen) atoms. The third-order valence-electron chi connectivity index (χ3n) is 6.98. The van der Waals surface area contributed by atoms with Gasteiger partial charge < -0.3 is 24.4 Å². The van der Waals surface area contributed by atoms with Crippen molar-refractivity contribution >= 4 is 28.7 Å². The highest BCUT2D eigenvalue weighted by Gasteiger charge is 2.43.